The summed E-state index contributed by atoms with van der Waals surface area (Å²) in [7, 11) is 0. The van der Waals surface area contributed by atoms with Gasteiger partial charge in [-0.15, -0.1) is 0 Å². The average Bonchev–Trinajstić information content (AvgIpc) is 2.26. The molecule has 5 heteroatoms. The number of hydrogen-bond acceptors (Lipinski definition) is 2. The second-order valence-electron chi connectivity index (χ2n) is 4.08. The molecular weight excluding hydrogens is 280 g/mol. The van der Waals surface area contributed by atoms with Crippen molar-refractivity contribution in [3.63, 3.8) is 0 Å². The van der Waals surface area contributed by atoms with Gasteiger partial charge < -0.3 is 4.74 Å². The highest BCUT2D eigenvalue weighted by Crippen LogP contribution is 2.41. The van der Waals surface area contributed by atoms with Crippen LogP contribution in [0.3, 0.4) is 0 Å². The summed E-state index contributed by atoms with van der Waals surface area (Å²) in [5.41, 5.74) is -1.66. The van der Waals surface area contributed by atoms with Gasteiger partial charge in [0, 0.05) is 35.2 Å². The van der Waals surface area contributed by atoms with E-state index >= 15 is 0 Å². The highest BCUT2D eigenvalue weighted by molar-refractivity contribution is 9.10. The molecule has 2 unspecified atom stereocenters. The zero-order valence-electron chi connectivity index (χ0n) is 8.84. The second-order valence-corrected chi connectivity index (χ2v) is 5.00. The van der Waals surface area contributed by atoms with Crippen LogP contribution >= 0.6 is 15.9 Å². The summed E-state index contributed by atoms with van der Waals surface area (Å²) < 4.78 is 34.1. The molecule has 2 heterocycles. The number of nitrogens with zero attached hydrogens (tertiary/aromatic N) is 1. The van der Waals surface area contributed by atoms with Gasteiger partial charge in [-0.2, -0.15) is 4.39 Å². The van der Waals surface area contributed by atoms with Gasteiger partial charge >= 0.3 is 0 Å². The van der Waals surface area contributed by atoms with Crippen molar-refractivity contribution < 1.29 is 13.5 Å². The molecule has 1 aliphatic heterocycles. The lowest BCUT2D eigenvalue weighted by atomic mass is 9.81. The number of aromatic nitrogens is 1. The Balaban J connectivity index is 2.44. The summed E-state index contributed by atoms with van der Waals surface area (Å²) in [5.74, 6) is -1.11. The molecule has 0 spiro atoms. The van der Waals surface area contributed by atoms with Gasteiger partial charge in [-0.3, -0.25) is 0 Å². The molecule has 0 saturated carbocycles. The van der Waals surface area contributed by atoms with E-state index in [1.165, 1.54) is 12.3 Å². The Morgan fingerprint density at radius 2 is 2.38 bits per heavy atom. The van der Waals surface area contributed by atoms with Gasteiger partial charge in [0.25, 0.3) is 0 Å². The summed E-state index contributed by atoms with van der Waals surface area (Å²) in [6, 6.07) is 1.46. The smallest absolute Gasteiger partial charge is 0.219 e. The van der Waals surface area contributed by atoms with Gasteiger partial charge in [-0.1, -0.05) is 6.92 Å². The van der Waals surface area contributed by atoms with E-state index in [1.54, 1.807) is 6.92 Å². The predicted octanol–water partition coefficient (Wildman–Crippen LogP) is 3.20. The van der Waals surface area contributed by atoms with E-state index < -0.39 is 11.6 Å². The SMILES string of the molecule is CC1COCCC1(F)c1cc(Br)cnc1F. The molecule has 2 atom stereocenters. The van der Waals surface area contributed by atoms with Crippen LogP contribution in [-0.2, 0) is 10.4 Å². The zero-order valence-corrected chi connectivity index (χ0v) is 10.4. The van der Waals surface area contributed by atoms with E-state index in [9.17, 15) is 8.78 Å². The highest BCUT2D eigenvalue weighted by Gasteiger charge is 2.43. The third-order valence-corrected chi connectivity index (χ3v) is 3.45. The van der Waals surface area contributed by atoms with Crippen LogP contribution in [-0.4, -0.2) is 18.2 Å². The lowest BCUT2D eigenvalue weighted by molar-refractivity contribution is -0.0606. The van der Waals surface area contributed by atoms with Crippen LogP contribution in [0.5, 0.6) is 0 Å². The second kappa shape index (κ2) is 4.37. The van der Waals surface area contributed by atoms with Crippen molar-refractivity contribution in [2.75, 3.05) is 13.2 Å². The van der Waals surface area contributed by atoms with E-state index in [4.69, 9.17) is 4.74 Å². The van der Waals surface area contributed by atoms with Gasteiger partial charge in [0.05, 0.1) is 6.61 Å². The van der Waals surface area contributed by atoms with Crippen LogP contribution < -0.4 is 0 Å². The normalized spacial score (nSPS) is 30.4. The Morgan fingerprint density at radius 3 is 3.06 bits per heavy atom. The van der Waals surface area contributed by atoms with Gasteiger partial charge in [-0.25, -0.2) is 9.37 Å². The first kappa shape index (κ1) is 11.9. The lowest BCUT2D eigenvalue weighted by Crippen LogP contribution is -2.38. The van der Waals surface area contributed by atoms with Crippen LogP contribution in [0.1, 0.15) is 18.9 Å². The summed E-state index contributed by atoms with van der Waals surface area (Å²) in [4.78, 5) is 3.54. The molecule has 0 N–H and O–H groups in total. The Hall–Kier alpha value is -0.550. The average molecular weight is 292 g/mol. The summed E-state index contributed by atoms with van der Waals surface area (Å²) in [6.07, 6.45) is 1.50. The fraction of sp³-hybridized carbons (Fsp3) is 0.545. The molecule has 0 radical (unpaired) electrons. The molecule has 1 saturated heterocycles. The minimum absolute atomic E-state index is 0.0256. The Morgan fingerprint density at radius 1 is 1.62 bits per heavy atom. The Labute approximate surface area is 101 Å². The molecule has 0 aromatic carbocycles. The van der Waals surface area contributed by atoms with Crippen molar-refractivity contribution in [2.45, 2.75) is 19.0 Å². The van der Waals surface area contributed by atoms with Crippen LogP contribution in [0.25, 0.3) is 0 Å². The Bertz CT molecular complexity index is 402. The van der Waals surface area contributed by atoms with E-state index in [0.29, 0.717) is 17.7 Å². The fourth-order valence-corrected chi connectivity index (χ4v) is 2.30. The standard InChI is InChI=1S/C11H12BrF2NO/c1-7-6-16-3-2-11(7,14)9-4-8(12)5-15-10(9)13/h4-5,7H,2-3,6H2,1H3. The number of ether oxygens (including phenoxy) is 1. The third kappa shape index (κ3) is 1.98. The van der Waals surface area contributed by atoms with Gasteiger partial charge in [0.2, 0.25) is 5.95 Å². The molecule has 2 rings (SSSR count). The summed E-state index contributed by atoms with van der Waals surface area (Å²) in [6.45, 7) is 2.34. The lowest BCUT2D eigenvalue weighted by Gasteiger charge is -2.35. The fourth-order valence-electron chi connectivity index (χ4n) is 1.97. The van der Waals surface area contributed by atoms with Crippen molar-refractivity contribution >= 4 is 15.9 Å². The molecule has 1 aromatic rings. The van der Waals surface area contributed by atoms with Crippen molar-refractivity contribution in [3.8, 4) is 0 Å². The molecule has 1 aromatic heterocycles. The molecular formula is C11H12BrF2NO. The maximum absolute atomic E-state index is 14.8. The molecule has 0 aliphatic carbocycles. The minimum atomic E-state index is -1.68. The third-order valence-electron chi connectivity index (χ3n) is 3.01. The quantitative estimate of drug-likeness (QED) is 0.742. The number of halogens is 3. The first-order valence-corrected chi connectivity index (χ1v) is 5.91. The molecule has 16 heavy (non-hydrogen) atoms. The monoisotopic (exact) mass is 291 g/mol. The number of alkyl halides is 1. The topological polar surface area (TPSA) is 22.1 Å². The van der Waals surface area contributed by atoms with Crippen LogP contribution in [0.15, 0.2) is 16.7 Å². The number of pyridine rings is 1. The molecule has 1 aliphatic rings. The van der Waals surface area contributed by atoms with Crippen molar-refractivity contribution in [2.24, 2.45) is 5.92 Å². The van der Waals surface area contributed by atoms with E-state index in [1.807, 2.05) is 0 Å². The first-order valence-electron chi connectivity index (χ1n) is 5.12. The highest BCUT2D eigenvalue weighted by atomic mass is 79.9. The zero-order chi connectivity index (χ0) is 11.8. The largest absolute Gasteiger partial charge is 0.381 e. The number of rotatable bonds is 1. The van der Waals surface area contributed by atoms with Crippen LogP contribution in [0.2, 0.25) is 0 Å². The molecule has 1 fully saturated rings. The van der Waals surface area contributed by atoms with Crippen molar-refractivity contribution in [1.29, 1.82) is 0 Å². The maximum Gasteiger partial charge on any atom is 0.219 e. The van der Waals surface area contributed by atoms with E-state index in [-0.39, 0.29) is 17.9 Å². The van der Waals surface area contributed by atoms with Gasteiger partial charge in [0.15, 0.2) is 0 Å². The van der Waals surface area contributed by atoms with Crippen LogP contribution in [0, 0.1) is 11.9 Å². The van der Waals surface area contributed by atoms with Crippen molar-refractivity contribution in [3.05, 3.63) is 28.2 Å². The summed E-state index contributed by atoms with van der Waals surface area (Å²) in [5, 5.41) is 0. The van der Waals surface area contributed by atoms with Gasteiger partial charge in [0.1, 0.15) is 5.67 Å². The minimum Gasteiger partial charge on any atom is -0.381 e. The number of hydrogen-bond donors (Lipinski definition) is 0. The molecule has 0 bridgehead atoms. The predicted molar refractivity (Wildman–Crippen MR) is 59.3 cm³/mol. The first-order chi connectivity index (χ1) is 7.54. The van der Waals surface area contributed by atoms with Crippen molar-refractivity contribution in [1.82, 2.24) is 4.98 Å². The van der Waals surface area contributed by atoms with Crippen LogP contribution in [0.4, 0.5) is 8.78 Å². The summed E-state index contributed by atoms with van der Waals surface area (Å²) >= 11 is 3.18. The van der Waals surface area contributed by atoms with E-state index in [2.05, 4.69) is 20.9 Å². The van der Waals surface area contributed by atoms with Gasteiger partial charge in [-0.05, 0) is 22.0 Å². The maximum atomic E-state index is 14.8. The Kier molecular flexibility index (Phi) is 3.26. The van der Waals surface area contributed by atoms with E-state index in [0.717, 1.165) is 0 Å². The molecule has 2 nitrogen and oxygen atoms in total. The molecule has 0 amide bonds. The molecule has 88 valence electrons.